The summed E-state index contributed by atoms with van der Waals surface area (Å²) in [5, 5.41) is 6.88. The van der Waals surface area contributed by atoms with Crippen molar-refractivity contribution in [1.29, 1.82) is 0 Å². The summed E-state index contributed by atoms with van der Waals surface area (Å²) < 4.78 is 4.23. The van der Waals surface area contributed by atoms with E-state index in [-0.39, 0.29) is 18.0 Å². The van der Waals surface area contributed by atoms with Crippen molar-refractivity contribution in [2.75, 3.05) is 0 Å². The molecule has 3 heterocycles. The highest BCUT2D eigenvalue weighted by Gasteiger charge is 2.17. The van der Waals surface area contributed by atoms with Gasteiger partial charge in [-0.3, -0.25) is 23.2 Å². The highest BCUT2D eigenvalue weighted by Crippen LogP contribution is 2.18. The van der Waals surface area contributed by atoms with Crippen molar-refractivity contribution in [3.05, 3.63) is 91.3 Å². The van der Waals surface area contributed by atoms with Crippen molar-refractivity contribution < 1.29 is 4.79 Å². The van der Waals surface area contributed by atoms with Crippen LogP contribution in [-0.2, 0) is 20.1 Å². The van der Waals surface area contributed by atoms with Gasteiger partial charge in [-0.15, -0.1) is 11.3 Å². The number of benzene rings is 1. The molecule has 0 fully saturated rings. The van der Waals surface area contributed by atoms with Crippen LogP contribution in [0.25, 0.3) is 4.83 Å². The number of carbonyl (C=O) groups is 1. The van der Waals surface area contributed by atoms with Gasteiger partial charge in [0.05, 0.1) is 12.7 Å². The smallest absolute Gasteiger partial charge is 0.336 e. The Kier molecular flexibility index (Phi) is 4.89. The first kappa shape index (κ1) is 18.9. The van der Waals surface area contributed by atoms with Crippen molar-refractivity contribution in [3.63, 3.8) is 0 Å². The second-order valence-corrected chi connectivity index (χ2v) is 7.79. The van der Waals surface area contributed by atoms with Gasteiger partial charge in [0.2, 0.25) is 0 Å². The zero-order chi connectivity index (χ0) is 20.5. The average molecular weight is 409 g/mol. The van der Waals surface area contributed by atoms with Gasteiger partial charge in [-0.1, -0.05) is 30.3 Å². The van der Waals surface area contributed by atoms with Crippen LogP contribution in [0.2, 0.25) is 0 Å². The fraction of sp³-hybridized carbons (Fsp3) is 0.200. The summed E-state index contributed by atoms with van der Waals surface area (Å²) in [6.45, 7) is 2.18. The minimum atomic E-state index is -0.456. The maximum atomic E-state index is 12.9. The molecule has 8 nitrogen and oxygen atoms in total. The SMILES string of the molecule is Cc1c(=O)n(Cc2ccccc2)c(=O)n2cc(C(=O)NCc3cnn(C)c3)sc12. The van der Waals surface area contributed by atoms with E-state index >= 15 is 0 Å². The van der Waals surface area contributed by atoms with Crippen molar-refractivity contribution in [2.45, 2.75) is 20.0 Å². The van der Waals surface area contributed by atoms with Crippen LogP contribution >= 0.6 is 11.3 Å². The summed E-state index contributed by atoms with van der Waals surface area (Å²) in [4.78, 5) is 39.1. The summed E-state index contributed by atoms with van der Waals surface area (Å²) in [7, 11) is 1.80. The van der Waals surface area contributed by atoms with Gasteiger partial charge in [0.25, 0.3) is 11.5 Å². The maximum absolute atomic E-state index is 12.9. The van der Waals surface area contributed by atoms with Gasteiger partial charge in [0.15, 0.2) is 0 Å². The van der Waals surface area contributed by atoms with Crippen LogP contribution in [0.1, 0.15) is 26.4 Å². The first-order chi connectivity index (χ1) is 13.9. The Hall–Kier alpha value is -3.46. The van der Waals surface area contributed by atoms with Crippen LogP contribution in [0.5, 0.6) is 0 Å². The normalized spacial score (nSPS) is 11.1. The molecule has 0 spiro atoms. The van der Waals surface area contributed by atoms with E-state index in [0.29, 0.717) is 21.8 Å². The fourth-order valence-electron chi connectivity index (χ4n) is 3.11. The second kappa shape index (κ2) is 7.51. The Morgan fingerprint density at radius 2 is 1.90 bits per heavy atom. The zero-order valence-corrected chi connectivity index (χ0v) is 16.8. The topological polar surface area (TPSA) is 90.4 Å². The summed E-state index contributed by atoms with van der Waals surface area (Å²) in [6.07, 6.45) is 4.99. The van der Waals surface area contributed by atoms with Crippen LogP contribution in [0, 0.1) is 6.92 Å². The lowest BCUT2D eigenvalue weighted by molar-refractivity contribution is 0.0954. The molecule has 3 aromatic heterocycles. The predicted molar refractivity (Wildman–Crippen MR) is 110 cm³/mol. The van der Waals surface area contributed by atoms with E-state index in [4.69, 9.17) is 0 Å². The molecule has 0 unspecified atom stereocenters. The van der Waals surface area contributed by atoms with E-state index < -0.39 is 5.69 Å². The third kappa shape index (κ3) is 3.64. The van der Waals surface area contributed by atoms with E-state index in [1.54, 1.807) is 24.9 Å². The summed E-state index contributed by atoms with van der Waals surface area (Å²) >= 11 is 1.13. The lowest BCUT2D eigenvalue weighted by atomic mass is 10.2. The Balaban J connectivity index is 1.67. The van der Waals surface area contributed by atoms with Gasteiger partial charge < -0.3 is 5.32 Å². The van der Waals surface area contributed by atoms with Crippen molar-refractivity contribution in [3.8, 4) is 0 Å². The number of aryl methyl sites for hydroxylation is 2. The molecule has 0 aliphatic carbocycles. The fourth-order valence-corrected chi connectivity index (χ4v) is 4.11. The third-order valence-corrected chi connectivity index (χ3v) is 5.82. The molecule has 0 bridgehead atoms. The molecular formula is C20H19N5O3S. The number of nitrogens with zero attached hydrogens (tertiary/aromatic N) is 4. The van der Waals surface area contributed by atoms with E-state index in [2.05, 4.69) is 10.4 Å². The highest BCUT2D eigenvalue weighted by atomic mass is 32.1. The number of aromatic nitrogens is 4. The standard InChI is InChI=1S/C20H19N5O3S/c1-13-18(27)24(11-14-6-4-3-5-7-14)20(28)25-12-16(29-19(13)25)17(26)21-8-15-9-22-23(2)10-15/h3-7,9-10,12H,8,11H2,1-2H3,(H,21,26). The number of carbonyl (C=O) groups excluding carboxylic acids is 1. The van der Waals surface area contributed by atoms with Gasteiger partial charge in [-0.25, -0.2) is 4.79 Å². The minimum absolute atomic E-state index is 0.181. The number of thiazole rings is 1. The summed E-state index contributed by atoms with van der Waals surface area (Å²) in [5.41, 5.74) is 1.37. The number of nitrogens with one attached hydrogen (secondary N) is 1. The van der Waals surface area contributed by atoms with Gasteiger partial charge >= 0.3 is 5.69 Å². The van der Waals surface area contributed by atoms with E-state index in [9.17, 15) is 14.4 Å². The molecule has 4 rings (SSSR count). The molecule has 9 heteroatoms. The van der Waals surface area contributed by atoms with Crippen LogP contribution in [0.4, 0.5) is 0 Å². The molecule has 0 radical (unpaired) electrons. The van der Waals surface area contributed by atoms with Crippen molar-refractivity contribution in [1.82, 2.24) is 24.1 Å². The molecule has 1 N–H and O–H groups in total. The number of rotatable bonds is 5. The second-order valence-electron chi connectivity index (χ2n) is 6.76. The van der Waals surface area contributed by atoms with Crippen molar-refractivity contribution >= 4 is 22.1 Å². The van der Waals surface area contributed by atoms with Gasteiger partial charge in [0.1, 0.15) is 9.71 Å². The lowest BCUT2D eigenvalue weighted by Gasteiger charge is -2.07. The lowest BCUT2D eigenvalue weighted by Crippen LogP contribution is -2.38. The molecule has 0 saturated carbocycles. The number of hydrogen-bond acceptors (Lipinski definition) is 5. The molecule has 4 aromatic rings. The Labute approximate surface area is 169 Å². The molecule has 0 aliphatic heterocycles. The highest BCUT2D eigenvalue weighted by molar-refractivity contribution is 7.19. The molecule has 0 saturated heterocycles. The molecule has 0 atom stereocenters. The molecular weight excluding hydrogens is 390 g/mol. The summed E-state index contributed by atoms with van der Waals surface area (Å²) in [5.74, 6) is -0.302. The number of fused-ring (bicyclic) bond motifs is 1. The molecule has 148 valence electrons. The monoisotopic (exact) mass is 409 g/mol. The van der Waals surface area contributed by atoms with Crippen LogP contribution in [0.3, 0.4) is 0 Å². The first-order valence-electron chi connectivity index (χ1n) is 8.99. The first-order valence-corrected chi connectivity index (χ1v) is 9.81. The van der Waals surface area contributed by atoms with E-state index in [1.165, 1.54) is 15.2 Å². The molecule has 0 aliphatic rings. The van der Waals surface area contributed by atoms with Crippen molar-refractivity contribution in [2.24, 2.45) is 7.05 Å². The van der Waals surface area contributed by atoms with Gasteiger partial charge in [-0.2, -0.15) is 5.10 Å². The summed E-state index contributed by atoms with van der Waals surface area (Å²) in [6, 6.07) is 9.32. The maximum Gasteiger partial charge on any atom is 0.336 e. The zero-order valence-electron chi connectivity index (χ0n) is 16.0. The van der Waals surface area contributed by atoms with Crippen LogP contribution in [0.15, 0.2) is 58.5 Å². The number of hydrogen-bond donors (Lipinski definition) is 1. The third-order valence-electron chi connectivity index (χ3n) is 4.61. The average Bonchev–Trinajstić information content (AvgIpc) is 3.35. The van der Waals surface area contributed by atoms with E-state index in [0.717, 1.165) is 22.5 Å². The predicted octanol–water partition coefficient (Wildman–Crippen LogP) is 1.54. The van der Waals surface area contributed by atoms with E-state index in [1.807, 2.05) is 36.5 Å². The Morgan fingerprint density at radius 3 is 2.59 bits per heavy atom. The largest absolute Gasteiger partial charge is 0.347 e. The van der Waals surface area contributed by atoms with Crippen LogP contribution < -0.4 is 16.6 Å². The quantitative estimate of drug-likeness (QED) is 0.541. The van der Waals surface area contributed by atoms with Gasteiger partial charge in [0, 0.05) is 37.1 Å². The number of amides is 1. The molecule has 29 heavy (non-hydrogen) atoms. The Morgan fingerprint density at radius 1 is 1.14 bits per heavy atom. The Bertz CT molecular complexity index is 1310. The van der Waals surface area contributed by atoms with Crippen LogP contribution in [-0.4, -0.2) is 24.7 Å². The molecule has 1 aromatic carbocycles. The minimum Gasteiger partial charge on any atom is -0.347 e. The molecule has 1 amide bonds. The van der Waals surface area contributed by atoms with Gasteiger partial charge in [-0.05, 0) is 12.5 Å².